The lowest BCUT2D eigenvalue weighted by Gasteiger charge is -2.14. The Balaban J connectivity index is 2.77. The number of hydrogen-bond donors (Lipinski definition) is 0. The number of aliphatic imine (C=N–C) groups is 1. The number of carbonyl (C=O) groups excluding carboxylic acids is 1. The predicted molar refractivity (Wildman–Crippen MR) is 60.1 cm³/mol. The summed E-state index contributed by atoms with van der Waals surface area (Å²) in [6.07, 6.45) is 1.83. The number of nitro groups is 1. The van der Waals surface area contributed by atoms with E-state index in [9.17, 15) is 14.9 Å². The molecule has 0 aromatic carbocycles. The van der Waals surface area contributed by atoms with Crippen LogP contribution in [0.3, 0.4) is 0 Å². The molecule has 0 aliphatic carbocycles. The van der Waals surface area contributed by atoms with Crippen LogP contribution in [0.1, 0.15) is 26.2 Å². The number of rotatable bonds is 5. The van der Waals surface area contributed by atoms with Crippen molar-refractivity contribution in [1.29, 1.82) is 0 Å². The Bertz CT molecular complexity index is 291. The number of hydrogen-bond acceptors (Lipinski definition) is 5. The summed E-state index contributed by atoms with van der Waals surface area (Å²) in [6.45, 7) is 2.44. The molecule has 1 aliphatic rings. The van der Waals surface area contributed by atoms with Crippen molar-refractivity contribution in [1.82, 2.24) is 0 Å². The first kappa shape index (κ1) is 12.2. The van der Waals surface area contributed by atoms with Gasteiger partial charge in [0, 0.05) is 23.6 Å². The highest BCUT2D eigenvalue weighted by Gasteiger charge is 2.35. The fraction of sp³-hybridized carbons (Fsp3) is 0.778. The van der Waals surface area contributed by atoms with Crippen molar-refractivity contribution < 1.29 is 9.72 Å². The first-order valence-corrected chi connectivity index (χ1v) is 5.98. The van der Waals surface area contributed by atoms with Gasteiger partial charge in [0.2, 0.25) is 5.78 Å². The molecule has 0 saturated heterocycles. The number of ketones is 1. The molecule has 1 aliphatic heterocycles. The average molecular weight is 230 g/mol. The van der Waals surface area contributed by atoms with Crippen LogP contribution < -0.4 is 0 Å². The normalized spacial score (nSPS) is 18.1. The van der Waals surface area contributed by atoms with Gasteiger partial charge in [-0.2, -0.15) is 0 Å². The van der Waals surface area contributed by atoms with Gasteiger partial charge in [-0.25, -0.2) is 0 Å². The van der Waals surface area contributed by atoms with Crippen LogP contribution in [0.5, 0.6) is 0 Å². The molecule has 0 fully saturated rings. The monoisotopic (exact) mass is 230 g/mol. The van der Waals surface area contributed by atoms with Gasteiger partial charge in [-0.05, 0) is 12.8 Å². The van der Waals surface area contributed by atoms with Crippen LogP contribution in [0.4, 0.5) is 0 Å². The Morgan fingerprint density at radius 1 is 1.73 bits per heavy atom. The van der Waals surface area contributed by atoms with Gasteiger partial charge in [0.05, 0.1) is 0 Å². The lowest BCUT2D eigenvalue weighted by Crippen LogP contribution is -2.37. The number of carbonyl (C=O) groups is 1. The second-order valence-corrected chi connectivity index (χ2v) is 4.44. The van der Waals surface area contributed by atoms with Crippen LogP contribution in [0.2, 0.25) is 0 Å². The molecule has 1 rings (SSSR count). The van der Waals surface area contributed by atoms with Gasteiger partial charge < -0.3 is 0 Å². The Hall–Kier alpha value is -0.910. The first-order valence-electron chi connectivity index (χ1n) is 5.00. The molecule has 84 valence electrons. The number of Topliss-reactive ketones (excluding diaryl/α,β-unsaturated/α-hetero) is 1. The Morgan fingerprint density at radius 2 is 2.47 bits per heavy atom. The highest BCUT2D eigenvalue weighted by atomic mass is 32.2. The van der Waals surface area contributed by atoms with Crippen molar-refractivity contribution in [3.8, 4) is 0 Å². The summed E-state index contributed by atoms with van der Waals surface area (Å²) in [5, 5.41) is 11.2. The summed E-state index contributed by atoms with van der Waals surface area (Å²) >= 11 is 1.34. The van der Waals surface area contributed by atoms with E-state index in [1.54, 1.807) is 0 Å². The van der Waals surface area contributed by atoms with E-state index in [1.165, 1.54) is 11.8 Å². The predicted octanol–water partition coefficient (Wildman–Crippen LogP) is 1.54. The number of thioether (sulfide) groups is 1. The zero-order valence-corrected chi connectivity index (χ0v) is 9.46. The summed E-state index contributed by atoms with van der Waals surface area (Å²) < 4.78 is 0. The second kappa shape index (κ2) is 5.85. The summed E-state index contributed by atoms with van der Waals surface area (Å²) in [7, 11) is 0. The topological polar surface area (TPSA) is 72.6 Å². The third kappa shape index (κ3) is 3.30. The number of nitrogens with zero attached hydrogens (tertiary/aromatic N) is 2. The zero-order chi connectivity index (χ0) is 11.3. The van der Waals surface area contributed by atoms with Crippen LogP contribution in [-0.4, -0.2) is 34.1 Å². The minimum Gasteiger partial charge on any atom is -0.291 e. The van der Waals surface area contributed by atoms with E-state index in [0.717, 1.165) is 12.2 Å². The van der Waals surface area contributed by atoms with E-state index in [-0.39, 0.29) is 12.2 Å². The third-order valence-electron chi connectivity index (χ3n) is 2.07. The lowest BCUT2D eigenvalue weighted by atomic mass is 10.1. The summed E-state index contributed by atoms with van der Waals surface area (Å²) in [5.74, 6) is 0.499. The van der Waals surface area contributed by atoms with E-state index in [0.29, 0.717) is 18.0 Å². The Kier molecular flexibility index (Phi) is 4.74. The van der Waals surface area contributed by atoms with Gasteiger partial charge in [0.15, 0.2) is 0 Å². The SMILES string of the molecule is CCCC(=O)C(C1=NCCCS1)[N+](=O)[O-]. The van der Waals surface area contributed by atoms with Crippen LogP contribution in [0.15, 0.2) is 4.99 Å². The summed E-state index contributed by atoms with van der Waals surface area (Å²) in [5.41, 5.74) is 0. The molecule has 1 heterocycles. The van der Waals surface area contributed by atoms with Gasteiger partial charge in [-0.1, -0.05) is 6.92 Å². The molecule has 0 bridgehead atoms. The highest BCUT2D eigenvalue weighted by Crippen LogP contribution is 2.18. The maximum atomic E-state index is 11.5. The van der Waals surface area contributed by atoms with Crippen LogP contribution in [0.25, 0.3) is 0 Å². The Labute approximate surface area is 92.5 Å². The molecule has 0 N–H and O–H groups in total. The quantitative estimate of drug-likeness (QED) is 0.530. The molecule has 1 atom stereocenters. The first-order chi connectivity index (χ1) is 7.16. The minimum absolute atomic E-state index is 0.255. The van der Waals surface area contributed by atoms with Crippen molar-refractivity contribution in [3.63, 3.8) is 0 Å². The molecule has 0 radical (unpaired) electrons. The van der Waals surface area contributed by atoms with Gasteiger partial charge in [0.25, 0.3) is 0 Å². The largest absolute Gasteiger partial charge is 0.317 e. The average Bonchev–Trinajstić information content (AvgIpc) is 2.19. The molecule has 6 heteroatoms. The molecular weight excluding hydrogens is 216 g/mol. The molecular formula is C9H14N2O3S. The molecule has 0 saturated carbocycles. The molecule has 0 aromatic rings. The summed E-state index contributed by atoms with van der Waals surface area (Å²) in [4.78, 5) is 25.9. The van der Waals surface area contributed by atoms with Gasteiger partial charge in [-0.15, -0.1) is 11.8 Å². The Morgan fingerprint density at radius 3 is 2.93 bits per heavy atom. The fourth-order valence-electron chi connectivity index (χ4n) is 1.37. The van der Waals surface area contributed by atoms with Gasteiger partial charge in [-0.3, -0.25) is 19.9 Å². The third-order valence-corrected chi connectivity index (χ3v) is 3.21. The van der Waals surface area contributed by atoms with Crippen molar-refractivity contribution >= 4 is 22.6 Å². The standard InChI is InChI=1S/C9H14N2O3S/c1-2-4-7(12)8(11(13)14)9-10-5-3-6-15-9/h8H,2-6H2,1H3. The summed E-state index contributed by atoms with van der Waals surface area (Å²) in [6, 6.07) is -1.21. The maximum Gasteiger partial charge on any atom is 0.317 e. The molecule has 0 spiro atoms. The smallest absolute Gasteiger partial charge is 0.291 e. The second-order valence-electron chi connectivity index (χ2n) is 3.33. The van der Waals surface area contributed by atoms with Gasteiger partial charge >= 0.3 is 6.04 Å². The van der Waals surface area contributed by atoms with E-state index < -0.39 is 11.0 Å². The minimum atomic E-state index is -1.21. The molecule has 15 heavy (non-hydrogen) atoms. The van der Waals surface area contributed by atoms with Crippen LogP contribution >= 0.6 is 11.8 Å². The van der Waals surface area contributed by atoms with E-state index in [4.69, 9.17) is 0 Å². The van der Waals surface area contributed by atoms with E-state index in [2.05, 4.69) is 4.99 Å². The molecule has 5 nitrogen and oxygen atoms in total. The van der Waals surface area contributed by atoms with Crippen LogP contribution in [-0.2, 0) is 4.79 Å². The maximum absolute atomic E-state index is 11.5. The van der Waals surface area contributed by atoms with Gasteiger partial charge in [0.1, 0.15) is 5.04 Å². The van der Waals surface area contributed by atoms with Crippen molar-refractivity contribution in [2.24, 2.45) is 4.99 Å². The molecule has 0 amide bonds. The zero-order valence-electron chi connectivity index (χ0n) is 8.64. The fourth-order valence-corrected chi connectivity index (χ4v) is 2.41. The lowest BCUT2D eigenvalue weighted by molar-refractivity contribution is -0.488. The van der Waals surface area contributed by atoms with Crippen molar-refractivity contribution in [2.75, 3.05) is 12.3 Å². The van der Waals surface area contributed by atoms with E-state index in [1.807, 2.05) is 6.92 Å². The van der Waals surface area contributed by atoms with E-state index >= 15 is 0 Å². The molecule has 0 aromatic heterocycles. The highest BCUT2D eigenvalue weighted by molar-refractivity contribution is 8.14. The van der Waals surface area contributed by atoms with Crippen molar-refractivity contribution in [3.05, 3.63) is 10.1 Å². The van der Waals surface area contributed by atoms with Crippen LogP contribution in [0, 0.1) is 10.1 Å². The van der Waals surface area contributed by atoms with Crippen molar-refractivity contribution in [2.45, 2.75) is 32.2 Å². The molecule has 1 unspecified atom stereocenters.